The molecule has 0 fully saturated rings. The molecule has 0 aromatic carbocycles. The Morgan fingerprint density at radius 2 is 0.519 bits per heavy atom. The van der Waals surface area contributed by atoms with Gasteiger partial charge in [-0.05, 0) is 161 Å². The van der Waals surface area contributed by atoms with Crippen LogP contribution in [-0.2, 0) is 65.4 Å². The molecule has 0 aromatic heterocycles. The van der Waals surface area contributed by atoms with E-state index in [9.17, 15) is 43.2 Å². The van der Waals surface area contributed by atoms with E-state index < -0.39 is 97.5 Å². The van der Waals surface area contributed by atoms with Crippen molar-refractivity contribution in [2.45, 2.75) is 316 Å². The van der Waals surface area contributed by atoms with Gasteiger partial charge in [-0.15, -0.1) is 0 Å². The van der Waals surface area contributed by atoms with E-state index in [1.54, 1.807) is 0 Å². The van der Waals surface area contributed by atoms with E-state index in [1.807, 2.05) is 18.2 Å². The maximum absolute atomic E-state index is 13.1. The molecule has 17 nitrogen and oxygen atoms in total. The minimum Gasteiger partial charge on any atom is -0.462 e. The number of aliphatic hydroxyl groups is 1. The highest BCUT2D eigenvalue weighted by molar-refractivity contribution is 7.47. The maximum Gasteiger partial charge on any atom is 0.472 e. The lowest BCUT2D eigenvalue weighted by Crippen LogP contribution is -2.30. The van der Waals surface area contributed by atoms with Crippen LogP contribution in [0.1, 0.15) is 297 Å². The van der Waals surface area contributed by atoms with Crippen molar-refractivity contribution >= 4 is 39.5 Å². The number of aliphatic hydroxyl groups excluding tert-OH is 1. The minimum absolute atomic E-state index is 0.0289. The number of hydrogen-bond donors (Lipinski definition) is 3. The SMILES string of the molecule is CC/C=C\C/C=C\C/C=C\C/C=C\C/C=C\C/C=C\CCC(=O)OCC(COP(=O)(O)OCC(O)COP(=O)(O)OCC(COC(=O)CCCCCCCC/C=C\C/C=C\C/C=C\CCCCC)OC(=O)CCCCCC/C=C\C/C=C\C/C=C\C/C=C\CC)OC(=O)CCCCCCC/C=C\CCCC. The average molecular weight is 1520 g/mol. The van der Waals surface area contributed by atoms with E-state index in [0.29, 0.717) is 32.1 Å². The van der Waals surface area contributed by atoms with Crippen LogP contribution >= 0.6 is 15.6 Å². The number of unbranched alkanes of at least 4 members (excludes halogenated alkanes) is 20. The zero-order valence-corrected chi connectivity index (χ0v) is 67.6. The topological polar surface area (TPSA) is 237 Å². The molecule has 0 amide bonds. The highest BCUT2D eigenvalue weighted by Crippen LogP contribution is 2.45. The van der Waals surface area contributed by atoms with E-state index in [0.717, 1.165) is 186 Å². The number of carbonyl (C=O) groups excluding carboxylic acids is 4. The van der Waals surface area contributed by atoms with Crippen molar-refractivity contribution in [3.05, 3.63) is 170 Å². The summed E-state index contributed by atoms with van der Waals surface area (Å²) in [5, 5.41) is 10.6. The number of ether oxygens (including phenoxy) is 4. The second-order valence-corrected chi connectivity index (χ2v) is 29.1. The van der Waals surface area contributed by atoms with Crippen LogP contribution in [-0.4, -0.2) is 96.7 Å². The van der Waals surface area contributed by atoms with Crippen LogP contribution in [0, 0.1) is 0 Å². The Hall–Kier alpha value is -5.58. The van der Waals surface area contributed by atoms with Crippen LogP contribution in [0.5, 0.6) is 0 Å². The Morgan fingerprint density at radius 3 is 0.849 bits per heavy atom. The molecule has 19 heteroatoms. The van der Waals surface area contributed by atoms with Gasteiger partial charge in [0.15, 0.2) is 12.2 Å². The lowest BCUT2D eigenvalue weighted by atomic mass is 10.1. The van der Waals surface area contributed by atoms with Gasteiger partial charge in [0.25, 0.3) is 0 Å². The summed E-state index contributed by atoms with van der Waals surface area (Å²) in [6, 6.07) is 0. The highest BCUT2D eigenvalue weighted by Gasteiger charge is 2.30. The summed E-state index contributed by atoms with van der Waals surface area (Å²) in [6.45, 7) is 4.43. The van der Waals surface area contributed by atoms with Crippen molar-refractivity contribution in [2.24, 2.45) is 0 Å². The van der Waals surface area contributed by atoms with E-state index >= 15 is 0 Å². The van der Waals surface area contributed by atoms with Crippen LogP contribution in [0.15, 0.2) is 170 Å². The zero-order valence-electron chi connectivity index (χ0n) is 65.8. The Labute approximate surface area is 642 Å². The van der Waals surface area contributed by atoms with Gasteiger partial charge in [0.05, 0.1) is 26.4 Å². The van der Waals surface area contributed by atoms with Crippen molar-refractivity contribution in [2.75, 3.05) is 39.6 Å². The van der Waals surface area contributed by atoms with Gasteiger partial charge in [-0.1, -0.05) is 281 Å². The molecule has 0 bridgehead atoms. The number of rotatable bonds is 74. The van der Waals surface area contributed by atoms with E-state index in [2.05, 4.69) is 180 Å². The largest absolute Gasteiger partial charge is 0.472 e. The van der Waals surface area contributed by atoms with Crippen LogP contribution < -0.4 is 0 Å². The third-order valence-electron chi connectivity index (χ3n) is 16.2. The summed E-state index contributed by atoms with van der Waals surface area (Å²) < 4.78 is 68.5. The number of allylic oxidation sites excluding steroid dienone is 28. The predicted octanol–water partition coefficient (Wildman–Crippen LogP) is 23.8. The van der Waals surface area contributed by atoms with E-state index in [4.69, 9.17) is 37.0 Å². The molecular formula is C87H142O17P2. The fraction of sp³-hybridized carbons (Fsp3) is 0.632. The monoisotopic (exact) mass is 1520 g/mol. The van der Waals surface area contributed by atoms with E-state index in [-0.39, 0.29) is 25.7 Å². The van der Waals surface area contributed by atoms with Gasteiger partial charge in [0.2, 0.25) is 0 Å². The molecular weight excluding hydrogens is 1380 g/mol. The summed E-state index contributed by atoms with van der Waals surface area (Å²) in [5.41, 5.74) is 0. The van der Waals surface area contributed by atoms with Gasteiger partial charge in [-0.2, -0.15) is 0 Å². The fourth-order valence-electron chi connectivity index (χ4n) is 10.0. The molecule has 106 heavy (non-hydrogen) atoms. The standard InChI is InChI=1S/C87H142O17P2/c1-5-9-13-17-21-25-29-32-35-38-40-43-45-48-52-55-59-63-67-71-84(89)97-77-82(103-86(91)73-69-65-61-57-51-28-24-20-16-12-8-4)79-101-105(93,94)99-75-81(88)76-100-106(95,96)102-80-83(104-87(92)74-70-66-62-58-54-50-47-42-37-34-31-27-23-19-15-11-7-3)78-98-85(90)72-68-64-60-56-53-49-46-44-41-39-36-33-30-26-22-18-14-10-6-2/h9,11,13,15,20-27,32-37,40-41,43-44,47-48,50,52,59,63,81-83,88H,5-8,10,12,14,16-19,28-31,38-39,42,45-46,49,51,53-58,60-62,64-80H2,1-4H3,(H,93,94)(H,95,96)/b13-9-,15-11-,24-20-,25-21-,26-22-,27-23-,35-32-,36-33-,37-34-,43-40-,44-41-,50-47-,52-48-,63-59-. The Kier molecular flexibility index (Phi) is 73.5. The van der Waals surface area contributed by atoms with Crippen LogP contribution in [0.3, 0.4) is 0 Å². The molecule has 0 rings (SSSR count). The highest BCUT2D eigenvalue weighted by atomic mass is 31.2. The summed E-state index contributed by atoms with van der Waals surface area (Å²) in [7, 11) is -10.0. The van der Waals surface area contributed by atoms with Gasteiger partial charge in [-0.3, -0.25) is 37.3 Å². The first-order chi connectivity index (χ1) is 51.7. The predicted molar refractivity (Wildman–Crippen MR) is 436 cm³/mol. The second kappa shape index (κ2) is 77.6. The molecule has 0 heterocycles. The molecule has 0 saturated heterocycles. The van der Waals surface area contributed by atoms with Gasteiger partial charge in [0.1, 0.15) is 19.3 Å². The molecule has 3 N–H and O–H groups in total. The molecule has 0 radical (unpaired) electrons. The third-order valence-corrected chi connectivity index (χ3v) is 18.1. The fourth-order valence-corrected chi connectivity index (χ4v) is 11.6. The Balaban J connectivity index is 5.44. The summed E-state index contributed by atoms with van der Waals surface area (Å²) in [5.74, 6) is -2.33. The van der Waals surface area contributed by atoms with Crippen molar-refractivity contribution in [1.82, 2.24) is 0 Å². The number of hydrogen-bond acceptors (Lipinski definition) is 15. The molecule has 0 aliphatic rings. The minimum atomic E-state index is -5.00. The molecule has 5 unspecified atom stereocenters. The first-order valence-corrected chi connectivity index (χ1v) is 43.4. The van der Waals surface area contributed by atoms with Crippen molar-refractivity contribution in [1.29, 1.82) is 0 Å². The summed E-state index contributed by atoms with van der Waals surface area (Å²) in [4.78, 5) is 73.0. The molecule has 0 spiro atoms. The molecule has 5 atom stereocenters. The molecule has 0 aliphatic carbocycles. The number of phosphoric ester groups is 2. The van der Waals surface area contributed by atoms with Gasteiger partial charge in [-0.25, -0.2) is 9.13 Å². The Bertz CT molecular complexity index is 2680. The van der Waals surface area contributed by atoms with Crippen LogP contribution in [0.25, 0.3) is 0 Å². The molecule has 0 aromatic rings. The molecule has 0 aliphatic heterocycles. The summed E-state index contributed by atoms with van der Waals surface area (Å²) in [6.07, 6.45) is 92.1. The summed E-state index contributed by atoms with van der Waals surface area (Å²) >= 11 is 0. The van der Waals surface area contributed by atoms with Gasteiger partial charge in [0, 0.05) is 25.7 Å². The van der Waals surface area contributed by atoms with Gasteiger partial charge < -0.3 is 33.8 Å². The van der Waals surface area contributed by atoms with Crippen LogP contribution in [0.2, 0.25) is 0 Å². The van der Waals surface area contributed by atoms with Crippen molar-refractivity contribution < 1.29 is 80.2 Å². The Morgan fingerprint density at radius 1 is 0.274 bits per heavy atom. The normalized spacial score (nSPS) is 14.7. The smallest absolute Gasteiger partial charge is 0.462 e. The second-order valence-electron chi connectivity index (χ2n) is 26.2. The number of carbonyl (C=O) groups is 4. The molecule has 0 saturated carbocycles. The van der Waals surface area contributed by atoms with E-state index in [1.165, 1.54) is 25.7 Å². The maximum atomic E-state index is 13.1. The van der Waals surface area contributed by atoms with Gasteiger partial charge >= 0.3 is 39.5 Å². The van der Waals surface area contributed by atoms with Crippen molar-refractivity contribution in [3.8, 4) is 0 Å². The quantitative estimate of drug-likeness (QED) is 0.0169. The zero-order chi connectivity index (χ0) is 77.4. The van der Waals surface area contributed by atoms with Crippen molar-refractivity contribution in [3.63, 3.8) is 0 Å². The first kappa shape index (κ1) is 100. The molecule has 602 valence electrons. The van der Waals surface area contributed by atoms with Crippen LogP contribution in [0.4, 0.5) is 0 Å². The first-order valence-electron chi connectivity index (χ1n) is 40.4. The lowest BCUT2D eigenvalue weighted by Gasteiger charge is -2.21. The number of phosphoric acid groups is 2. The third kappa shape index (κ3) is 76.6. The average Bonchev–Trinajstić information content (AvgIpc) is 0.901. The number of esters is 4. The lowest BCUT2D eigenvalue weighted by molar-refractivity contribution is -0.161.